The molecule has 0 aliphatic rings. The summed E-state index contributed by atoms with van der Waals surface area (Å²) in [5.74, 6) is 0. The first-order valence-electron chi connectivity index (χ1n) is 8.41. The van der Waals surface area contributed by atoms with Gasteiger partial charge in [-0.05, 0) is 24.1 Å². The molecular weight excluding hydrogens is 388 g/mol. The van der Waals surface area contributed by atoms with Crippen LogP contribution in [0.4, 0.5) is 0 Å². The molecule has 3 rings (SSSR count). The van der Waals surface area contributed by atoms with Crippen LogP contribution >= 0.6 is 11.6 Å². The van der Waals surface area contributed by atoms with Gasteiger partial charge in [-0.3, -0.25) is 13.4 Å². The van der Waals surface area contributed by atoms with Crippen molar-refractivity contribution < 1.29 is 12.6 Å². The summed E-state index contributed by atoms with van der Waals surface area (Å²) in [5, 5.41) is 0.407. The molecule has 0 aliphatic heterocycles. The minimum absolute atomic E-state index is 0.295. The molecule has 0 saturated carbocycles. The van der Waals surface area contributed by atoms with Crippen LogP contribution in [0.2, 0.25) is 5.02 Å². The Bertz CT molecular complexity index is 1130. The zero-order valence-electron chi connectivity index (χ0n) is 14.9. The van der Waals surface area contributed by atoms with Gasteiger partial charge in [0.05, 0.1) is 17.0 Å². The van der Waals surface area contributed by atoms with Crippen LogP contribution in [-0.2, 0) is 20.7 Å². The van der Waals surface area contributed by atoms with E-state index >= 15 is 0 Å². The van der Waals surface area contributed by atoms with Gasteiger partial charge in [0.1, 0.15) is 11.8 Å². The summed E-state index contributed by atoms with van der Waals surface area (Å²) in [4.78, 5) is 17.7. The van der Waals surface area contributed by atoms with E-state index in [0.717, 1.165) is 11.8 Å². The van der Waals surface area contributed by atoms with Gasteiger partial charge in [0, 0.05) is 18.2 Å². The fraction of sp³-hybridized carbons (Fsp3) is 0.263. The molecule has 0 spiro atoms. The number of fused-ring (bicyclic) bond motifs is 1. The van der Waals surface area contributed by atoms with Gasteiger partial charge < -0.3 is 0 Å². The average molecular weight is 407 g/mol. The molecule has 0 saturated heterocycles. The summed E-state index contributed by atoms with van der Waals surface area (Å²) < 4.78 is 30.0. The second-order valence-corrected chi connectivity index (χ2v) is 8.25. The Morgan fingerprint density at radius 1 is 1.19 bits per heavy atom. The summed E-state index contributed by atoms with van der Waals surface area (Å²) in [6, 6.07) is 12.7. The molecule has 27 heavy (non-hydrogen) atoms. The van der Waals surface area contributed by atoms with E-state index in [0.29, 0.717) is 34.8 Å². The second kappa shape index (κ2) is 7.80. The molecular formula is C19H19ClN2O4S. The molecule has 0 radical (unpaired) electrons. The van der Waals surface area contributed by atoms with E-state index in [-0.39, 0.29) is 5.56 Å². The zero-order chi connectivity index (χ0) is 19.6. The number of rotatable bonds is 6. The predicted octanol–water partition coefficient (Wildman–Crippen LogP) is 3.37. The highest BCUT2D eigenvalue weighted by molar-refractivity contribution is 7.86. The molecule has 0 bridgehead atoms. The van der Waals surface area contributed by atoms with Crippen LogP contribution in [0.1, 0.15) is 36.3 Å². The summed E-state index contributed by atoms with van der Waals surface area (Å²) in [6.07, 6.45) is 2.31. The van der Waals surface area contributed by atoms with Crippen LogP contribution in [0, 0.1) is 0 Å². The monoisotopic (exact) mass is 406 g/mol. The third kappa shape index (κ3) is 4.55. The highest BCUT2D eigenvalue weighted by atomic mass is 35.5. The standard InChI is InChI=1S/C19H19ClN2O4S/c1-3-16(26-27(2,24)25)18-15(11-13-7-5-4-6-8-13)19(23)22-12-14(20)9-10-17(22)21-18/h4-10,12,16H,3,11H2,1-2H3. The fourth-order valence-corrected chi connectivity index (χ4v) is 3.73. The van der Waals surface area contributed by atoms with Crippen LogP contribution in [0.5, 0.6) is 0 Å². The van der Waals surface area contributed by atoms with Crippen molar-refractivity contribution in [1.82, 2.24) is 9.38 Å². The lowest BCUT2D eigenvalue weighted by atomic mass is 10.0. The van der Waals surface area contributed by atoms with E-state index in [1.165, 1.54) is 10.6 Å². The lowest BCUT2D eigenvalue weighted by Gasteiger charge is -2.18. The summed E-state index contributed by atoms with van der Waals surface area (Å²) in [6.45, 7) is 1.79. The first-order valence-corrected chi connectivity index (χ1v) is 10.6. The van der Waals surface area contributed by atoms with Crippen molar-refractivity contribution in [1.29, 1.82) is 0 Å². The predicted molar refractivity (Wildman–Crippen MR) is 105 cm³/mol. The van der Waals surface area contributed by atoms with Gasteiger partial charge in [0.15, 0.2) is 0 Å². The second-order valence-electron chi connectivity index (χ2n) is 6.22. The first kappa shape index (κ1) is 19.5. The molecule has 8 heteroatoms. The van der Waals surface area contributed by atoms with Gasteiger partial charge in [-0.2, -0.15) is 8.42 Å². The van der Waals surface area contributed by atoms with Crippen LogP contribution in [0.15, 0.2) is 53.5 Å². The molecule has 1 unspecified atom stereocenters. The van der Waals surface area contributed by atoms with Gasteiger partial charge in [-0.25, -0.2) is 4.98 Å². The quantitative estimate of drug-likeness (QED) is 0.586. The van der Waals surface area contributed by atoms with Crippen LogP contribution < -0.4 is 5.56 Å². The number of aromatic nitrogens is 2. The highest BCUT2D eigenvalue weighted by Gasteiger charge is 2.24. The van der Waals surface area contributed by atoms with Crippen LogP contribution in [0.3, 0.4) is 0 Å². The van der Waals surface area contributed by atoms with Crippen molar-refractivity contribution >= 4 is 27.4 Å². The molecule has 6 nitrogen and oxygen atoms in total. The largest absolute Gasteiger partial charge is 0.269 e. The third-order valence-electron chi connectivity index (χ3n) is 4.10. The normalized spacial score (nSPS) is 13.0. The van der Waals surface area contributed by atoms with Crippen molar-refractivity contribution in [3.63, 3.8) is 0 Å². The molecule has 3 aromatic rings. The van der Waals surface area contributed by atoms with Crippen molar-refractivity contribution in [3.05, 3.63) is 80.9 Å². The Morgan fingerprint density at radius 2 is 1.89 bits per heavy atom. The smallest absolute Gasteiger partial charge is 0.265 e. The van der Waals surface area contributed by atoms with Gasteiger partial charge in [-0.15, -0.1) is 0 Å². The number of nitrogens with zero attached hydrogens (tertiary/aromatic N) is 2. The van der Waals surface area contributed by atoms with Crippen molar-refractivity contribution in [2.24, 2.45) is 0 Å². The number of hydrogen-bond acceptors (Lipinski definition) is 5. The molecule has 0 amide bonds. The van der Waals surface area contributed by atoms with E-state index in [1.54, 1.807) is 19.1 Å². The number of pyridine rings is 1. The maximum Gasteiger partial charge on any atom is 0.265 e. The topological polar surface area (TPSA) is 77.7 Å². The molecule has 0 N–H and O–H groups in total. The molecule has 1 aromatic carbocycles. The molecule has 2 heterocycles. The minimum Gasteiger partial charge on any atom is -0.269 e. The first-order chi connectivity index (χ1) is 12.8. The third-order valence-corrected chi connectivity index (χ3v) is 4.91. The summed E-state index contributed by atoms with van der Waals surface area (Å²) in [5.41, 5.74) is 1.72. The Labute approximate surface area is 162 Å². The van der Waals surface area contributed by atoms with Gasteiger partial charge >= 0.3 is 0 Å². The number of halogens is 1. The van der Waals surface area contributed by atoms with Gasteiger partial charge in [-0.1, -0.05) is 48.9 Å². The molecule has 0 aliphatic carbocycles. The molecule has 142 valence electrons. The van der Waals surface area contributed by atoms with Crippen LogP contribution in [0.25, 0.3) is 5.65 Å². The Morgan fingerprint density at radius 3 is 2.52 bits per heavy atom. The lowest BCUT2D eigenvalue weighted by Crippen LogP contribution is -2.25. The SMILES string of the molecule is CCC(OS(C)(=O)=O)c1nc2ccc(Cl)cn2c(=O)c1Cc1ccccc1. The molecule has 1 atom stereocenters. The molecule has 0 fully saturated rings. The maximum atomic E-state index is 13.2. The zero-order valence-corrected chi connectivity index (χ0v) is 16.5. The van der Waals surface area contributed by atoms with E-state index in [1.807, 2.05) is 30.3 Å². The average Bonchev–Trinajstić information content (AvgIpc) is 2.62. The van der Waals surface area contributed by atoms with Crippen molar-refractivity contribution in [2.75, 3.05) is 6.26 Å². The van der Waals surface area contributed by atoms with Gasteiger partial charge in [0.25, 0.3) is 15.7 Å². The summed E-state index contributed by atoms with van der Waals surface area (Å²) in [7, 11) is -3.72. The van der Waals surface area contributed by atoms with E-state index in [2.05, 4.69) is 4.98 Å². The lowest BCUT2D eigenvalue weighted by molar-refractivity contribution is 0.205. The van der Waals surface area contributed by atoms with Crippen molar-refractivity contribution in [2.45, 2.75) is 25.9 Å². The van der Waals surface area contributed by atoms with E-state index in [9.17, 15) is 13.2 Å². The Balaban J connectivity index is 2.24. The summed E-state index contributed by atoms with van der Waals surface area (Å²) >= 11 is 6.03. The van der Waals surface area contributed by atoms with Crippen molar-refractivity contribution in [3.8, 4) is 0 Å². The van der Waals surface area contributed by atoms with E-state index < -0.39 is 16.2 Å². The maximum absolute atomic E-state index is 13.2. The minimum atomic E-state index is -3.72. The van der Waals surface area contributed by atoms with Gasteiger partial charge in [0.2, 0.25) is 0 Å². The number of hydrogen-bond donors (Lipinski definition) is 0. The highest BCUT2D eigenvalue weighted by Crippen LogP contribution is 2.25. The fourth-order valence-electron chi connectivity index (χ4n) is 2.92. The Hall–Kier alpha value is -2.22. The van der Waals surface area contributed by atoms with Crippen LogP contribution in [-0.4, -0.2) is 24.1 Å². The number of benzene rings is 1. The Kier molecular flexibility index (Phi) is 5.64. The van der Waals surface area contributed by atoms with E-state index in [4.69, 9.17) is 15.8 Å². The molecule has 2 aromatic heterocycles.